The van der Waals surface area contributed by atoms with Gasteiger partial charge in [0.2, 0.25) is 0 Å². The van der Waals surface area contributed by atoms with Crippen LogP contribution in [0.1, 0.15) is 20.9 Å². The van der Waals surface area contributed by atoms with E-state index in [-0.39, 0.29) is 11.7 Å². The quantitative estimate of drug-likeness (QED) is 0.775. The molecule has 3 rings (SSSR count). The van der Waals surface area contributed by atoms with Crippen LogP contribution in [0.3, 0.4) is 0 Å². The molecule has 0 saturated heterocycles. The summed E-state index contributed by atoms with van der Waals surface area (Å²) in [5, 5.41) is 5.46. The van der Waals surface area contributed by atoms with Gasteiger partial charge in [0.05, 0.1) is 23.2 Å². The van der Waals surface area contributed by atoms with E-state index in [1.165, 1.54) is 12.5 Å². The van der Waals surface area contributed by atoms with Gasteiger partial charge < -0.3 is 15.1 Å². The summed E-state index contributed by atoms with van der Waals surface area (Å²) < 4.78 is 5.05. The number of anilines is 2. The van der Waals surface area contributed by atoms with Gasteiger partial charge in [0.25, 0.3) is 11.8 Å². The van der Waals surface area contributed by atoms with Crippen molar-refractivity contribution in [3.05, 3.63) is 78.5 Å². The molecule has 1 aromatic carbocycles. The number of carbonyl (C=O) groups is 2. The number of nitrogens with zero attached hydrogens (tertiary/aromatic N) is 1. The average molecular weight is 307 g/mol. The monoisotopic (exact) mass is 307 g/mol. The second kappa shape index (κ2) is 6.57. The van der Waals surface area contributed by atoms with Crippen molar-refractivity contribution in [3.63, 3.8) is 0 Å². The third kappa shape index (κ3) is 3.44. The first-order chi connectivity index (χ1) is 11.2. The van der Waals surface area contributed by atoms with Crippen LogP contribution in [0.2, 0.25) is 0 Å². The molecule has 114 valence electrons. The van der Waals surface area contributed by atoms with Crippen LogP contribution in [-0.4, -0.2) is 16.8 Å². The van der Waals surface area contributed by atoms with Gasteiger partial charge in [-0.3, -0.25) is 14.6 Å². The average Bonchev–Trinajstić information content (AvgIpc) is 3.12. The van der Waals surface area contributed by atoms with Gasteiger partial charge in [-0.2, -0.15) is 0 Å². The van der Waals surface area contributed by atoms with E-state index in [0.717, 1.165) is 0 Å². The molecule has 2 heterocycles. The number of hydrogen-bond donors (Lipinski definition) is 2. The Morgan fingerprint density at radius 2 is 1.61 bits per heavy atom. The molecule has 0 spiro atoms. The fourth-order valence-electron chi connectivity index (χ4n) is 1.98. The summed E-state index contributed by atoms with van der Waals surface area (Å²) in [7, 11) is 0. The Balaban J connectivity index is 1.78. The highest BCUT2D eigenvalue weighted by atomic mass is 16.3. The minimum Gasteiger partial charge on any atom is -0.459 e. The molecule has 3 aromatic rings. The molecule has 0 unspecified atom stereocenters. The van der Waals surface area contributed by atoms with Crippen LogP contribution in [-0.2, 0) is 0 Å². The molecule has 0 fully saturated rings. The summed E-state index contributed by atoms with van der Waals surface area (Å²) in [6.45, 7) is 0. The molecule has 0 atom stereocenters. The van der Waals surface area contributed by atoms with Crippen molar-refractivity contribution < 1.29 is 14.0 Å². The Labute approximate surface area is 132 Å². The predicted octanol–water partition coefficient (Wildman–Crippen LogP) is 3.18. The number of amides is 2. The zero-order valence-electron chi connectivity index (χ0n) is 12.0. The molecule has 0 aliphatic carbocycles. The molecular formula is C17H13N3O3. The fourth-order valence-corrected chi connectivity index (χ4v) is 1.98. The van der Waals surface area contributed by atoms with Crippen LogP contribution in [0.4, 0.5) is 11.4 Å². The summed E-state index contributed by atoms with van der Waals surface area (Å²) in [5.41, 5.74) is 1.40. The molecule has 6 heteroatoms. The molecule has 0 aliphatic rings. The maximum absolute atomic E-state index is 12.2. The van der Waals surface area contributed by atoms with E-state index in [9.17, 15) is 9.59 Å². The SMILES string of the molecule is O=C(Nc1ccccc1NC(=O)c1ccco1)c1cccnc1. The summed E-state index contributed by atoms with van der Waals surface area (Å²) in [6, 6.07) is 13.5. The summed E-state index contributed by atoms with van der Waals surface area (Å²) >= 11 is 0. The van der Waals surface area contributed by atoms with Crippen molar-refractivity contribution in [2.75, 3.05) is 10.6 Å². The molecule has 6 nitrogen and oxygen atoms in total. The lowest BCUT2D eigenvalue weighted by atomic mass is 10.2. The second-order valence-corrected chi connectivity index (χ2v) is 4.67. The molecule has 0 radical (unpaired) electrons. The first-order valence-electron chi connectivity index (χ1n) is 6.89. The smallest absolute Gasteiger partial charge is 0.291 e. The summed E-state index contributed by atoms with van der Waals surface area (Å²) in [6.07, 6.45) is 4.48. The number of aromatic nitrogens is 1. The lowest BCUT2D eigenvalue weighted by Crippen LogP contribution is -2.16. The lowest BCUT2D eigenvalue weighted by Gasteiger charge is -2.11. The van der Waals surface area contributed by atoms with Gasteiger partial charge in [-0.05, 0) is 36.4 Å². The maximum atomic E-state index is 12.2. The van der Waals surface area contributed by atoms with E-state index < -0.39 is 5.91 Å². The number of benzene rings is 1. The van der Waals surface area contributed by atoms with E-state index in [1.807, 2.05) is 0 Å². The van der Waals surface area contributed by atoms with E-state index in [1.54, 1.807) is 54.7 Å². The zero-order chi connectivity index (χ0) is 16.1. The first-order valence-corrected chi connectivity index (χ1v) is 6.89. The van der Waals surface area contributed by atoms with Gasteiger partial charge in [-0.15, -0.1) is 0 Å². The maximum Gasteiger partial charge on any atom is 0.291 e. The molecule has 0 saturated carbocycles. The Hall–Kier alpha value is -3.41. The van der Waals surface area contributed by atoms with Crippen molar-refractivity contribution in [1.29, 1.82) is 0 Å². The van der Waals surface area contributed by atoms with Crippen LogP contribution in [0, 0.1) is 0 Å². The van der Waals surface area contributed by atoms with E-state index in [0.29, 0.717) is 16.9 Å². The van der Waals surface area contributed by atoms with Gasteiger partial charge in [-0.1, -0.05) is 12.1 Å². The molecule has 23 heavy (non-hydrogen) atoms. The van der Waals surface area contributed by atoms with Crippen molar-refractivity contribution in [3.8, 4) is 0 Å². The van der Waals surface area contributed by atoms with Gasteiger partial charge in [-0.25, -0.2) is 0 Å². The number of pyridine rings is 1. The van der Waals surface area contributed by atoms with Gasteiger partial charge in [0, 0.05) is 12.4 Å². The number of furan rings is 1. The van der Waals surface area contributed by atoms with E-state index >= 15 is 0 Å². The van der Waals surface area contributed by atoms with Crippen molar-refractivity contribution in [1.82, 2.24) is 4.98 Å². The normalized spacial score (nSPS) is 10.1. The number of hydrogen-bond acceptors (Lipinski definition) is 4. The minimum absolute atomic E-state index is 0.193. The number of carbonyl (C=O) groups excluding carboxylic acids is 2. The summed E-state index contributed by atoms with van der Waals surface area (Å²) in [4.78, 5) is 28.2. The topological polar surface area (TPSA) is 84.2 Å². The third-order valence-electron chi connectivity index (χ3n) is 3.09. The highest BCUT2D eigenvalue weighted by molar-refractivity contribution is 6.09. The lowest BCUT2D eigenvalue weighted by molar-refractivity contribution is 0.0993. The molecular weight excluding hydrogens is 294 g/mol. The van der Waals surface area contributed by atoms with Crippen LogP contribution in [0.25, 0.3) is 0 Å². The molecule has 2 N–H and O–H groups in total. The van der Waals surface area contributed by atoms with Crippen molar-refractivity contribution in [2.45, 2.75) is 0 Å². The first kappa shape index (κ1) is 14.5. The van der Waals surface area contributed by atoms with Crippen LogP contribution in [0.15, 0.2) is 71.6 Å². The Kier molecular flexibility index (Phi) is 4.15. The van der Waals surface area contributed by atoms with Crippen LogP contribution < -0.4 is 10.6 Å². The largest absolute Gasteiger partial charge is 0.459 e. The van der Waals surface area contributed by atoms with Crippen LogP contribution in [0.5, 0.6) is 0 Å². The van der Waals surface area contributed by atoms with Crippen molar-refractivity contribution in [2.24, 2.45) is 0 Å². The third-order valence-corrected chi connectivity index (χ3v) is 3.09. The van der Waals surface area contributed by atoms with E-state index in [4.69, 9.17) is 4.42 Å². The fraction of sp³-hybridized carbons (Fsp3) is 0. The standard InChI is InChI=1S/C17H13N3O3/c21-16(12-5-3-9-18-11-12)19-13-6-1-2-7-14(13)20-17(22)15-8-4-10-23-15/h1-11H,(H,19,21)(H,20,22). The Morgan fingerprint density at radius 3 is 2.22 bits per heavy atom. The number of rotatable bonds is 4. The molecule has 2 amide bonds. The number of para-hydroxylation sites is 2. The highest BCUT2D eigenvalue weighted by Crippen LogP contribution is 2.22. The van der Waals surface area contributed by atoms with Gasteiger partial charge in [0.15, 0.2) is 5.76 Å². The Bertz CT molecular complexity index is 814. The Morgan fingerprint density at radius 1 is 0.870 bits per heavy atom. The second-order valence-electron chi connectivity index (χ2n) is 4.67. The minimum atomic E-state index is -0.391. The zero-order valence-corrected chi connectivity index (χ0v) is 12.0. The van der Waals surface area contributed by atoms with Gasteiger partial charge >= 0.3 is 0 Å². The summed E-state index contributed by atoms with van der Waals surface area (Å²) in [5.74, 6) is -0.505. The highest BCUT2D eigenvalue weighted by Gasteiger charge is 2.13. The van der Waals surface area contributed by atoms with Gasteiger partial charge in [0.1, 0.15) is 0 Å². The van der Waals surface area contributed by atoms with Crippen molar-refractivity contribution >= 4 is 23.2 Å². The molecule has 0 aliphatic heterocycles. The van der Waals surface area contributed by atoms with Crippen LogP contribution >= 0.6 is 0 Å². The number of nitrogens with one attached hydrogen (secondary N) is 2. The molecule has 2 aromatic heterocycles. The predicted molar refractivity (Wildman–Crippen MR) is 85.3 cm³/mol. The van der Waals surface area contributed by atoms with E-state index in [2.05, 4.69) is 15.6 Å². The molecule has 0 bridgehead atoms.